The minimum atomic E-state index is -0.764. The van der Waals surface area contributed by atoms with Crippen LogP contribution in [-0.2, 0) is 28.6 Å². The van der Waals surface area contributed by atoms with Crippen molar-refractivity contribution in [2.24, 2.45) is 0 Å². The van der Waals surface area contributed by atoms with E-state index in [0.717, 1.165) is 64.2 Å². The fourth-order valence-electron chi connectivity index (χ4n) is 7.08. The largest absolute Gasteiger partial charge is 0.462 e. The van der Waals surface area contributed by atoms with Crippen LogP contribution in [0.1, 0.15) is 265 Å². The van der Waals surface area contributed by atoms with E-state index in [1.54, 1.807) is 0 Å². The molecule has 0 aliphatic carbocycles. The van der Waals surface area contributed by atoms with E-state index in [1.807, 2.05) is 0 Å². The first-order valence-electron chi connectivity index (χ1n) is 24.2. The molecule has 0 aliphatic heterocycles. The van der Waals surface area contributed by atoms with Gasteiger partial charge in [0.05, 0.1) is 0 Å². The zero-order chi connectivity index (χ0) is 40.1. The molecule has 0 fully saturated rings. The van der Waals surface area contributed by atoms with Crippen LogP contribution in [0.4, 0.5) is 0 Å². The highest BCUT2D eigenvalue weighted by molar-refractivity contribution is 5.71. The highest BCUT2D eigenvalue weighted by Gasteiger charge is 2.19. The molecule has 1 unspecified atom stereocenters. The fraction of sp³-hybridized carbons (Fsp3) is 0.898. The minimum Gasteiger partial charge on any atom is -0.462 e. The molecular formula is C49H92O6. The van der Waals surface area contributed by atoms with Gasteiger partial charge in [-0.05, 0) is 44.9 Å². The lowest BCUT2D eigenvalue weighted by Crippen LogP contribution is -2.30. The molecule has 0 aromatic rings. The normalized spacial score (nSPS) is 12.0. The molecule has 0 rings (SSSR count). The third-order valence-corrected chi connectivity index (χ3v) is 10.8. The second kappa shape index (κ2) is 44.9. The van der Waals surface area contributed by atoms with E-state index in [9.17, 15) is 14.4 Å². The Balaban J connectivity index is 4.32. The molecule has 0 aliphatic rings. The third kappa shape index (κ3) is 43.1. The van der Waals surface area contributed by atoms with Gasteiger partial charge in [0.25, 0.3) is 0 Å². The molecular weight excluding hydrogens is 685 g/mol. The average molecular weight is 777 g/mol. The molecule has 6 heteroatoms. The molecule has 0 aromatic heterocycles. The monoisotopic (exact) mass is 777 g/mol. The number of hydrogen-bond acceptors (Lipinski definition) is 6. The van der Waals surface area contributed by atoms with E-state index in [1.165, 1.54) is 161 Å². The van der Waals surface area contributed by atoms with Crippen LogP contribution in [0.5, 0.6) is 0 Å². The topological polar surface area (TPSA) is 78.9 Å². The zero-order valence-electron chi connectivity index (χ0n) is 37.0. The summed E-state index contributed by atoms with van der Waals surface area (Å²) in [6.45, 7) is 6.63. The maximum absolute atomic E-state index is 12.7. The summed E-state index contributed by atoms with van der Waals surface area (Å²) in [4.78, 5) is 37.8. The van der Waals surface area contributed by atoms with Crippen LogP contribution >= 0.6 is 0 Å². The van der Waals surface area contributed by atoms with Crippen LogP contribution in [0.3, 0.4) is 0 Å². The number of esters is 3. The molecule has 1 atom stereocenters. The second-order valence-corrected chi connectivity index (χ2v) is 16.4. The summed E-state index contributed by atoms with van der Waals surface area (Å²) in [6.07, 6.45) is 47.6. The molecule has 55 heavy (non-hydrogen) atoms. The van der Waals surface area contributed by atoms with E-state index in [-0.39, 0.29) is 31.1 Å². The number of carbonyl (C=O) groups excluding carboxylic acids is 3. The average Bonchev–Trinajstić information content (AvgIpc) is 3.18. The van der Waals surface area contributed by atoms with Gasteiger partial charge >= 0.3 is 17.9 Å². The van der Waals surface area contributed by atoms with Crippen LogP contribution in [0.25, 0.3) is 0 Å². The summed E-state index contributed by atoms with van der Waals surface area (Å²) in [5, 5.41) is 0. The number of carbonyl (C=O) groups is 3. The SMILES string of the molecule is CCCCCCCCC=CCCCCCCCC(=O)OCC(COC(=O)CCCCCCCCCCCCC)OC(=O)CCCCCCCCCCCCC. The van der Waals surface area contributed by atoms with Gasteiger partial charge in [0.15, 0.2) is 6.10 Å². The molecule has 0 radical (unpaired) electrons. The first-order chi connectivity index (χ1) is 27.0. The lowest BCUT2D eigenvalue weighted by molar-refractivity contribution is -0.167. The van der Waals surface area contributed by atoms with Gasteiger partial charge in [-0.1, -0.05) is 213 Å². The van der Waals surface area contributed by atoms with Gasteiger partial charge in [-0.3, -0.25) is 14.4 Å². The summed E-state index contributed by atoms with van der Waals surface area (Å²) in [5.74, 6) is -0.867. The molecule has 0 saturated heterocycles. The maximum Gasteiger partial charge on any atom is 0.306 e. The Labute approximate surface area is 341 Å². The van der Waals surface area contributed by atoms with Gasteiger partial charge in [0, 0.05) is 19.3 Å². The predicted octanol–water partition coefficient (Wildman–Crippen LogP) is 15.4. The highest BCUT2D eigenvalue weighted by Crippen LogP contribution is 2.15. The standard InChI is InChI=1S/C49H92O6/c1-4-7-10-13-16-19-22-23-24-25-28-30-33-36-39-42-48(51)54-45-46(55-49(52)43-40-37-34-31-27-21-18-15-12-9-6-3)44-53-47(50)41-38-35-32-29-26-20-17-14-11-8-5-2/h23-24,46H,4-22,25-45H2,1-3H3. The Morgan fingerprint density at radius 3 is 0.909 bits per heavy atom. The number of rotatable bonds is 44. The van der Waals surface area contributed by atoms with Crippen LogP contribution in [0.15, 0.2) is 12.2 Å². The first-order valence-corrected chi connectivity index (χ1v) is 24.2. The third-order valence-electron chi connectivity index (χ3n) is 10.8. The Kier molecular flexibility index (Phi) is 43.4. The quantitative estimate of drug-likeness (QED) is 0.0265. The summed E-state index contributed by atoms with van der Waals surface area (Å²) in [5.41, 5.74) is 0. The number of ether oxygens (including phenoxy) is 3. The van der Waals surface area contributed by atoms with Crippen molar-refractivity contribution < 1.29 is 28.6 Å². The van der Waals surface area contributed by atoms with Crippen molar-refractivity contribution in [1.82, 2.24) is 0 Å². The maximum atomic E-state index is 12.7. The lowest BCUT2D eigenvalue weighted by atomic mass is 10.1. The summed E-state index contributed by atoms with van der Waals surface area (Å²) >= 11 is 0. The zero-order valence-corrected chi connectivity index (χ0v) is 37.0. The van der Waals surface area contributed by atoms with Crippen LogP contribution in [-0.4, -0.2) is 37.2 Å². The molecule has 0 heterocycles. The van der Waals surface area contributed by atoms with Crippen molar-refractivity contribution in [1.29, 1.82) is 0 Å². The van der Waals surface area contributed by atoms with Crippen molar-refractivity contribution in [2.45, 2.75) is 271 Å². The Bertz CT molecular complexity index is 854. The van der Waals surface area contributed by atoms with Crippen molar-refractivity contribution >= 4 is 17.9 Å². The first kappa shape index (κ1) is 53.1. The van der Waals surface area contributed by atoms with Crippen molar-refractivity contribution in [3.05, 3.63) is 12.2 Å². The number of hydrogen-bond donors (Lipinski definition) is 0. The molecule has 0 bridgehead atoms. The van der Waals surface area contributed by atoms with Gasteiger partial charge in [0.2, 0.25) is 0 Å². The minimum absolute atomic E-state index is 0.0679. The predicted molar refractivity (Wildman–Crippen MR) is 233 cm³/mol. The van der Waals surface area contributed by atoms with Crippen molar-refractivity contribution in [3.63, 3.8) is 0 Å². The van der Waals surface area contributed by atoms with Gasteiger partial charge in [-0.25, -0.2) is 0 Å². The van der Waals surface area contributed by atoms with Crippen LogP contribution in [0, 0.1) is 0 Å². The van der Waals surface area contributed by atoms with Crippen molar-refractivity contribution in [2.75, 3.05) is 13.2 Å². The highest BCUT2D eigenvalue weighted by atomic mass is 16.6. The summed E-state index contributed by atoms with van der Waals surface area (Å²) in [7, 11) is 0. The van der Waals surface area contributed by atoms with E-state index in [0.29, 0.717) is 19.3 Å². The summed E-state index contributed by atoms with van der Waals surface area (Å²) in [6, 6.07) is 0. The van der Waals surface area contributed by atoms with Gasteiger partial charge < -0.3 is 14.2 Å². The van der Waals surface area contributed by atoms with E-state index >= 15 is 0 Å². The van der Waals surface area contributed by atoms with Crippen LogP contribution < -0.4 is 0 Å². The Morgan fingerprint density at radius 1 is 0.345 bits per heavy atom. The number of unbranched alkanes of at least 4 members (excludes halogenated alkanes) is 31. The molecule has 0 aromatic carbocycles. The Morgan fingerprint density at radius 2 is 0.600 bits per heavy atom. The molecule has 0 saturated carbocycles. The van der Waals surface area contributed by atoms with Gasteiger partial charge in [-0.2, -0.15) is 0 Å². The number of allylic oxidation sites excluding steroid dienone is 2. The van der Waals surface area contributed by atoms with Crippen LogP contribution in [0.2, 0.25) is 0 Å². The Hall–Kier alpha value is -1.85. The smallest absolute Gasteiger partial charge is 0.306 e. The molecule has 6 nitrogen and oxygen atoms in total. The van der Waals surface area contributed by atoms with Gasteiger partial charge in [-0.15, -0.1) is 0 Å². The lowest BCUT2D eigenvalue weighted by Gasteiger charge is -2.18. The molecule has 0 spiro atoms. The molecule has 0 amide bonds. The van der Waals surface area contributed by atoms with Gasteiger partial charge in [0.1, 0.15) is 13.2 Å². The fourth-order valence-corrected chi connectivity index (χ4v) is 7.08. The van der Waals surface area contributed by atoms with Crippen molar-refractivity contribution in [3.8, 4) is 0 Å². The molecule has 324 valence electrons. The van der Waals surface area contributed by atoms with E-state index in [2.05, 4.69) is 32.9 Å². The molecule has 0 N–H and O–H groups in total. The summed E-state index contributed by atoms with van der Waals surface area (Å²) < 4.78 is 16.7. The van der Waals surface area contributed by atoms with E-state index < -0.39 is 6.10 Å². The second-order valence-electron chi connectivity index (χ2n) is 16.4. The van der Waals surface area contributed by atoms with E-state index in [4.69, 9.17) is 14.2 Å².